The van der Waals surface area contributed by atoms with Crippen molar-refractivity contribution >= 4 is 17.7 Å². The van der Waals surface area contributed by atoms with E-state index in [0.717, 1.165) is 18.0 Å². The van der Waals surface area contributed by atoms with E-state index in [1.165, 1.54) is 18.9 Å². The number of aromatic nitrogens is 4. The van der Waals surface area contributed by atoms with Gasteiger partial charge in [0, 0.05) is 11.3 Å². The lowest BCUT2D eigenvalue weighted by Crippen LogP contribution is -2.04. The zero-order chi connectivity index (χ0) is 13.0. The molecule has 1 fully saturated rings. The molecule has 0 unspecified atom stereocenters. The number of methoxy groups -OCH3 is 1. The van der Waals surface area contributed by atoms with E-state index in [1.807, 2.05) is 17.7 Å². The van der Waals surface area contributed by atoms with Gasteiger partial charge in [0.25, 0.3) is 0 Å². The summed E-state index contributed by atoms with van der Waals surface area (Å²) in [5.41, 5.74) is 0.690. The van der Waals surface area contributed by atoms with Crippen molar-refractivity contribution in [2.45, 2.75) is 37.4 Å². The summed E-state index contributed by atoms with van der Waals surface area (Å²) in [5.74, 6) is 0.408. The Kier molecular flexibility index (Phi) is 4.35. The van der Waals surface area contributed by atoms with E-state index in [4.69, 9.17) is 4.74 Å². The van der Waals surface area contributed by atoms with Crippen LogP contribution < -0.4 is 0 Å². The van der Waals surface area contributed by atoms with Crippen LogP contribution in [0.5, 0.6) is 0 Å². The molecule has 0 atom stereocenters. The maximum absolute atomic E-state index is 11.4. The number of carbonyl (C=O) groups is 1. The Bertz CT molecular complexity index is 454. The van der Waals surface area contributed by atoms with Crippen LogP contribution >= 0.6 is 11.8 Å². The fourth-order valence-corrected chi connectivity index (χ4v) is 2.39. The minimum Gasteiger partial charge on any atom is -0.466 e. The zero-order valence-corrected chi connectivity index (χ0v) is 11.3. The Morgan fingerprint density at radius 3 is 3.00 bits per heavy atom. The van der Waals surface area contributed by atoms with Gasteiger partial charge in [-0.1, -0.05) is 24.8 Å². The molecule has 2 rings (SSSR count). The molecule has 0 aromatic carbocycles. The van der Waals surface area contributed by atoms with Crippen molar-refractivity contribution in [3.63, 3.8) is 0 Å². The molecule has 7 heteroatoms. The van der Waals surface area contributed by atoms with Crippen molar-refractivity contribution in [2.24, 2.45) is 0 Å². The second-order valence-corrected chi connectivity index (χ2v) is 5.01. The molecule has 18 heavy (non-hydrogen) atoms. The first-order valence-electron chi connectivity index (χ1n) is 5.94. The van der Waals surface area contributed by atoms with Crippen LogP contribution in [-0.4, -0.2) is 39.0 Å². The molecule has 6 nitrogen and oxygen atoms in total. The second-order valence-electron chi connectivity index (χ2n) is 4.02. The number of carbonyl (C=O) groups excluding carboxylic acids is 1. The first kappa shape index (κ1) is 13.1. The molecule has 0 aliphatic heterocycles. The number of esters is 1. The third-order valence-corrected chi connectivity index (χ3v) is 3.59. The molecule has 0 bridgehead atoms. The highest BCUT2D eigenvalue weighted by atomic mass is 32.2. The van der Waals surface area contributed by atoms with Gasteiger partial charge in [-0.25, -0.2) is 9.48 Å². The van der Waals surface area contributed by atoms with Gasteiger partial charge in [0.05, 0.1) is 13.2 Å². The highest BCUT2D eigenvalue weighted by molar-refractivity contribution is 7.99. The molecule has 0 saturated heterocycles. The maximum Gasteiger partial charge on any atom is 0.333 e. The number of hydrogen-bond acceptors (Lipinski definition) is 6. The first-order chi connectivity index (χ1) is 8.76. The Morgan fingerprint density at radius 1 is 1.61 bits per heavy atom. The fraction of sp³-hybridized carbons (Fsp3) is 0.636. The van der Waals surface area contributed by atoms with Crippen LogP contribution in [-0.2, 0) is 9.53 Å². The molecule has 98 valence electrons. The summed E-state index contributed by atoms with van der Waals surface area (Å²) >= 11 is 1.54. The lowest BCUT2D eigenvalue weighted by molar-refractivity contribution is -0.136. The molecule has 0 N–H and O–H groups in total. The monoisotopic (exact) mass is 268 g/mol. The molecule has 1 saturated carbocycles. The molecule has 1 aromatic rings. The number of rotatable bonds is 6. The van der Waals surface area contributed by atoms with E-state index >= 15 is 0 Å². The van der Waals surface area contributed by atoms with Gasteiger partial charge in [0.1, 0.15) is 0 Å². The molecular formula is C11H16N4O2S. The molecule has 0 radical (unpaired) electrons. The quantitative estimate of drug-likeness (QED) is 0.443. The van der Waals surface area contributed by atoms with Gasteiger partial charge in [-0.3, -0.25) is 0 Å². The van der Waals surface area contributed by atoms with Gasteiger partial charge < -0.3 is 4.74 Å². The van der Waals surface area contributed by atoms with Crippen LogP contribution in [0.2, 0.25) is 0 Å². The average Bonchev–Trinajstić information content (AvgIpc) is 3.13. The number of ether oxygens (including phenoxy) is 1. The predicted molar refractivity (Wildman–Crippen MR) is 67.2 cm³/mol. The van der Waals surface area contributed by atoms with Crippen molar-refractivity contribution in [2.75, 3.05) is 12.9 Å². The van der Waals surface area contributed by atoms with Crippen molar-refractivity contribution in [3.05, 3.63) is 11.6 Å². The number of tetrazole rings is 1. The fourth-order valence-electron chi connectivity index (χ4n) is 1.55. The Morgan fingerprint density at radius 2 is 2.39 bits per heavy atom. The molecule has 1 aliphatic carbocycles. The van der Waals surface area contributed by atoms with E-state index in [1.54, 1.807) is 0 Å². The third kappa shape index (κ3) is 3.10. The Hall–Kier alpha value is -1.37. The molecule has 1 aliphatic rings. The SMILES string of the molecule is CCC(=CCSc1nnnn1C1CC1)C(=O)OC. The smallest absolute Gasteiger partial charge is 0.333 e. The van der Waals surface area contributed by atoms with Crippen LogP contribution in [0.3, 0.4) is 0 Å². The van der Waals surface area contributed by atoms with Gasteiger partial charge in [0.2, 0.25) is 5.16 Å². The van der Waals surface area contributed by atoms with Crippen LogP contribution in [0.25, 0.3) is 0 Å². The van der Waals surface area contributed by atoms with Crippen LogP contribution in [0.4, 0.5) is 0 Å². The molecule has 1 aromatic heterocycles. The Labute approximate surface area is 110 Å². The molecule has 1 heterocycles. The van der Waals surface area contributed by atoms with Gasteiger partial charge in [-0.05, 0) is 29.7 Å². The highest BCUT2D eigenvalue weighted by Gasteiger charge is 2.27. The zero-order valence-electron chi connectivity index (χ0n) is 10.5. The Balaban J connectivity index is 1.92. The van der Waals surface area contributed by atoms with E-state index in [-0.39, 0.29) is 5.97 Å². The summed E-state index contributed by atoms with van der Waals surface area (Å²) in [4.78, 5) is 11.4. The van der Waals surface area contributed by atoms with Crippen LogP contribution in [0.1, 0.15) is 32.2 Å². The summed E-state index contributed by atoms with van der Waals surface area (Å²) in [7, 11) is 1.40. The average molecular weight is 268 g/mol. The summed E-state index contributed by atoms with van der Waals surface area (Å²) in [6.07, 6.45) is 4.84. The van der Waals surface area contributed by atoms with Gasteiger partial charge in [0.15, 0.2) is 0 Å². The molecular weight excluding hydrogens is 252 g/mol. The lowest BCUT2D eigenvalue weighted by Gasteiger charge is -2.02. The topological polar surface area (TPSA) is 69.9 Å². The van der Waals surface area contributed by atoms with Crippen molar-refractivity contribution in [1.82, 2.24) is 20.2 Å². The lowest BCUT2D eigenvalue weighted by atomic mass is 10.2. The first-order valence-corrected chi connectivity index (χ1v) is 6.92. The molecule has 0 spiro atoms. The van der Waals surface area contributed by atoms with Crippen molar-refractivity contribution in [3.8, 4) is 0 Å². The summed E-state index contributed by atoms with van der Waals surface area (Å²) in [6, 6.07) is 0.470. The summed E-state index contributed by atoms with van der Waals surface area (Å²) < 4.78 is 6.56. The second kappa shape index (κ2) is 5.99. The highest BCUT2D eigenvalue weighted by Crippen LogP contribution is 2.36. The normalized spacial score (nSPS) is 15.8. The predicted octanol–water partition coefficient (Wildman–Crippen LogP) is 1.61. The third-order valence-electron chi connectivity index (χ3n) is 2.73. The van der Waals surface area contributed by atoms with E-state index in [9.17, 15) is 4.79 Å². The van der Waals surface area contributed by atoms with E-state index in [2.05, 4.69) is 15.5 Å². The minimum absolute atomic E-state index is 0.264. The number of thioether (sulfide) groups is 1. The number of hydrogen-bond donors (Lipinski definition) is 0. The van der Waals surface area contributed by atoms with Crippen LogP contribution in [0, 0.1) is 0 Å². The summed E-state index contributed by atoms with van der Waals surface area (Å²) in [6.45, 7) is 1.93. The van der Waals surface area contributed by atoms with E-state index < -0.39 is 0 Å². The van der Waals surface area contributed by atoms with Crippen LogP contribution in [0.15, 0.2) is 16.8 Å². The minimum atomic E-state index is -0.264. The standard InChI is InChI=1S/C11H16N4O2S/c1-3-8(10(16)17-2)6-7-18-11-12-13-14-15(11)9-4-5-9/h6,9H,3-5,7H2,1-2H3. The van der Waals surface area contributed by atoms with Gasteiger partial charge in [-0.15, -0.1) is 5.10 Å². The maximum atomic E-state index is 11.4. The van der Waals surface area contributed by atoms with Gasteiger partial charge >= 0.3 is 5.97 Å². The number of nitrogens with zero attached hydrogens (tertiary/aromatic N) is 4. The van der Waals surface area contributed by atoms with Crippen molar-refractivity contribution in [1.29, 1.82) is 0 Å². The largest absolute Gasteiger partial charge is 0.466 e. The van der Waals surface area contributed by atoms with Crippen molar-refractivity contribution < 1.29 is 9.53 Å². The van der Waals surface area contributed by atoms with Gasteiger partial charge in [-0.2, -0.15) is 0 Å². The van der Waals surface area contributed by atoms with E-state index in [0.29, 0.717) is 23.8 Å². The summed E-state index contributed by atoms with van der Waals surface area (Å²) in [5, 5.41) is 12.5. The molecule has 0 amide bonds.